The lowest BCUT2D eigenvalue weighted by Gasteiger charge is -2.22. The van der Waals surface area contributed by atoms with Crippen molar-refractivity contribution in [1.82, 2.24) is 0 Å². The molecule has 0 atom stereocenters. The molecular formula is C10H17N. The topological polar surface area (TPSA) is 12.4 Å². The van der Waals surface area contributed by atoms with Crippen LogP contribution in [-0.4, -0.2) is 6.21 Å². The molecule has 0 amide bonds. The molecule has 0 unspecified atom stereocenters. The molecule has 1 heteroatoms. The summed E-state index contributed by atoms with van der Waals surface area (Å²) in [6.45, 7) is 4.14. The minimum atomic E-state index is 0.948. The van der Waals surface area contributed by atoms with Crippen molar-refractivity contribution in [3.8, 4) is 0 Å². The predicted molar refractivity (Wildman–Crippen MR) is 49.9 cm³/mol. The van der Waals surface area contributed by atoms with Gasteiger partial charge in [0.05, 0.1) is 0 Å². The van der Waals surface area contributed by atoms with Crippen molar-refractivity contribution in [3.05, 3.63) is 11.8 Å². The lowest BCUT2D eigenvalue weighted by molar-refractivity contribution is 0.329. The van der Waals surface area contributed by atoms with Gasteiger partial charge in [0.2, 0.25) is 0 Å². The fraction of sp³-hybridized carbons (Fsp3) is 0.700. The molecule has 1 fully saturated rings. The smallest absolute Gasteiger partial charge is 0.0250 e. The Morgan fingerprint density at radius 1 is 1.45 bits per heavy atom. The van der Waals surface area contributed by atoms with Crippen LogP contribution in [0.2, 0.25) is 0 Å². The van der Waals surface area contributed by atoms with Crippen LogP contribution in [0.5, 0.6) is 0 Å². The number of rotatable bonds is 3. The first-order valence-electron chi connectivity index (χ1n) is 4.44. The zero-order valence-corrected chi connectivity index (χ0v) is 7.51. The summed E-state index contributed by atoms with van der Waals surface area (Å²) in [6, 6.07) is 0. The number of aliphatic imine (C=N–C) groups is 1. The molecule has 0 aliphatic heterocycles. The Morgan fingerprint density at radius 2 is 2.18 bits per heavy atom. The van der Waals surface area contributed by atoms with Gasteiger partial charge < -0.3 is 0 Å². The Hall–Kier alpha value is -0.590. The monoisotopic (exact) mass is 151 g/mol. The minimum Gasteiger partial charge on any atom is -0.269 e. The maximum Gasteiger partial charge on any atom is 0.0250 e. The highest BCUT2D eigenvalue weighted by atomic mass is 14.7. The molecule has 0 aromatic rings. The summed E-state index contributed by atoms with van der Waals surface area (Å²) in [5.41, 5.74) is 1.27. The van der Waals surface area contributed by atoms with E-state index >= 15 is 0 Å². The average Bonchev–Trinajstić information content (AvgIpc) is 1.82. The van der Waals surface area contributed by atoms with E-state index in [-0.39, 0.29) is 0 Å². The summed E-state index contributed by atoms with van der Waals surface area (Å²) in [6.07, 6.45) is 9.43. The number of nitrogens with zero attached hydrogens (tertiary/aromatic N) is 1. The third-order valence-corrected chi connectivity index (χ3v) is 2.10. The molecule has 1 nitrogen and oxygen atoms in total. The van der Waals surface area contributed by atoms with Crippen molar-refractivity contribution in [3.63, 3.8) is 0 Å². The fourth-order valence-corrected chi connectivity index (χ4v) is 1.14. The highest BCUT2D eigenvalue weighted by Gasteiger charge is 2.15. The maximum absolute atomic E-state index is 4.21. The lowest BCUT2D eigenvalue weighted by Crippen LogP contribution is -2.10. The maximum atomic E-state index is 4.21. The molecule has 62 valence electrons. The molecule has 1 saturated carbocycles. The molecule has 0 bridgehead atoms. The molecular weight excluding hydrogens is 134 g/mol. The first kappa shape index (κ1) is 8.51. The second-order valence-electron chi connectivity index (χ2n) is 3.57. The minimum absolute atomic E-state index is 0.948. The van der Waals surface area contributed by atoms with E-state index in [1.165, 1.54) is 31.3 Å². The van der Waals surface area contributed by atoms with Gasteiger partial charge in [0.25, 0.3) is 0 Å². The molecule has 0 heterocycles. The Labute approximate surface area is 69.2 Å². The molecule has 0 aromatic heterocycles. The van der Waals surface area contributed by atoms with Gasteiger partial charge in [-0.25, -0.2) is 0 Å². The molecule has 0 radical (unpaired) electrons. The normalized spacial score (nSPS) is 18.4. The van der Waals surface area contributed by atoms with Crippen molar-refractivity contribution in [2.45, 2.75) is 39.5 Å². The van der Waals surface area contributed by atoms with Gasteiger partial charge in [0.15, 0.2) is 0 Å². The highest BCUT2D eigenvalue weighted by Crippen LogP contribution is 2.28. The number of allylic oxidation sites excluding steroid dienone is 1. The lowest BCUT2D eigenvalue weighted by atomic mass is 9.83. The Balaban J connectivity index is 2.09. The largest absolute Gasteiger partial charge is 0.269 e. The highest BCUT2D eigenvalue weighted by molar-refractivity contribution is 5.58. The summed E-state index contributed by atoms with van der Waals surface area (Å²) in [5, 5.41) is 0. The SMILES string of the molecule is CC(C)=C/N=C/CC1CCC1. The molecule has 0 saturated heterocycles. The molecule has 1 rings (SSSR count). The van der Waals surface area contributed by atoms with E-state index in [4.69, 9.17) is 0 Å². The van der Waals surface area contributed by atoms with Gasteiger partial charge in [-0.1, -0.05) is 24.8 Å². The van der Waals surface area contributed by atoms with Gasteiger partial charge in [0.1, 0.15) is 0 Å². The molecule has 0 N–H and O–H groups in total. The van der Waals surface area contributed by atoms with Crippen LogP contribution >= 0.6 is 0 Å². The third-order valence-electron chi connectivity index (χ3n) is 2.10. The van der Waals surface area contributed by atoms with Crippen LogP contribution in [0.25, 0.3) is 0 Å². The first-order valence-corrected chi connectivity index (χ1v) is 4.44. The van der Waals surface area contributed by atoms with Crippen LogP contribution in [0.1, 0.15) is 39.5 Å². The average molecular weight is 151 g/mol. The van der Waals surface area contributed by atoms with Crippen LogP contribution in [0.3, 0.4) is 0 Å². The van der Waals surface area contributed by atoms with Crippen molar-refractivity contribution in [1.29, 1.82) is 0 Å². The van der Waals surface area contributed by atoms with E-state index in [1.807, 2.05) is 6.20 Å². The summed E-state index contributed by atoms with van der Waals surface area (Å²) < 4.78 is 0. The molecule has 1 aliphatic rings. The van der Waals surface area contributed by atoms with E-state index in [0.29, 0.717) is 0 Å². The third kappa shape index (κ3) is 3.35. The summed E-state index contributed by atoms with van der Waals surface area (Å²) in [7, 11) is 0. The Bertz CT molecular complexity index is 160. The van der Waals surface area contributed by atoms with E-state index < -0.39 is 0 Å². The van der Waals surface area contributed by atoms with Gasteiger partial charge in [-0.05, 0) is 26.2 Å². The van der Waals surface area contributed by atoms with Crippen LogP contribution in [-0.2, 0) is 0 Å². The van der Waals surface area contributed by atoms with E-state index in [2.05, 4.69) is 25.1 Å². The Morgan fingerprint density at radius 3 is 2.64 bits per heavy atom. The second-order valence-corrected chi connectivity index (χ2v) is 3.57. The Kier molecular flexibility index (Phi) is 3.34. The van der Waals surface area contributed by atoms with Gasteiger partial charge >= 0.3 is 0 Å². The zero-order valence-electron chi connectivity index (χ0n) is 7.51. The second kappa shape index (κ2) is 4.32. The van der Waals surface area contributed by atoms with Crippen LogP contribution in [0, 0.1) is 5.92 Å². The van der Waals surface area contributed by atoms with E-state index in [0.717, 1.165) is 5.92 Å². The molecule has 1 aliphatic carbocycles. The molecule has 11 heavy (non-hydrogen) atoms. The van der Waals surface area contributed by atoms with Crippen LogP contribution < -0.4 is 0 Å². The summed E-state index contributed by atoms with van der Waals surface area (Å²) in [5.74, 6) is 0.948. The van der Waals surface area contributed by atoms with E-state index in [9.17, 15) is 0 Å². The molecule has 0 aromatic carbocycles. The van der Waals surface area contributed by atoms with Gasteiger partial charge in [-0.15, -0.1) is 0 Å². The standard InChI is InChI=1S/C10H17N/c1-9(2)8-11-7-6-10-4-3-5-10/h7-8,10H,3-6H2,1-2H3/b11-7+. The van der Waals surface area contributed by atoms with Crippen molar-refractivity contribution in [2.75, 3.05) is 0 Å². The van der Waals surface area contributed by atoms with E-state index in [1.54, 1.807) is 0 Å². The predicted octanol–water partition coefficient (Wildman–Crippen LogP) is 3.17. The van der Waals surface area contributed by atoms with Crippen molar-refractivity contribution >= 4 is 6.21 Å². The summed E-state index contributed by atoms with van der Waals surface area (Å²) in [4.78, 5) is 4.21. The fourth-order valence-electron chi connectivity index (χ4n) is 1.14. The van der Waals surface area contributed by atoms with Crippen LogP contribution in [0.15, 0.2) is 16.8 Å². The zero-order chi connectivity index (χ0) is 8.10. The number of hydrogen-bond acceptors (Lipinski definition) is 1. The quantitative estimate of drug-likeness (QED) is 0.549. The van der Waals surface area contributed by atoms with Crippen molar-refractivity contribution < 1.29 is 0 Å². The van der Waals surface area contributed by atoms with Gasteiger partial charge in [-0.2, -0.15) is 0 Å². The van der Waals surface area contributed by atoms with Crippen LogP contribution in [0.4, 0.5) is 0 Å². The van der Waals surface area contributed by atoms with Gasteiger partial charge in [-0.3, -0.25) is 4.99 Å². The summed E-state index contributed by atoms with van der Waals surface area (Å²) >= 11 is 0. The van der Waals surface area contributed by atoms with Crippen molar-refractivity contribution in [2.24, 2.45) is 10.9 Å². The molecule has 0 spiro atoms. The first-order chi connectivity index (χ1) is 5.29. The van der Waals surface area contributed by atoms with Gasteiger partial charge in [0, 0.05) is 12.4 Å². The number of hydrogen-bond donors (Lipinski definition) is 0.